The number of hydrogen-bond donors (Lipinski definition) is 0. The summed E-state index contributed by atoms with van der Waals surface area (Å²) in [6.07, 6.45) is 4.90. The third kappa shape index (κ3) is 1.06. The molecule has 0 aromatic carbocycles. The van der Waals surface area contributed by atoms with Crippen molar-refractivity contribution in [3.8, 4) is 0 Å². The lowest BCUT2D eigenvalue weighted by molar-refractivity contribution is 0.684. The molecule has 58 valence electrons. The molecule has 0 amide bonds. The monoisotopic (exact) mass is 149 g/mol. The largest absolute Gasteiger partial charge is 0.289 e. The molecule has 3 nitrogen and oxygen atoms in total. The molecule has 2 rings (SSSR count). The maximum atomic E-state index is 4.33. The Morgan fingerprint density at radius 2 is 2.45 bits per heavy atom. The van der Waals surface area contributed by atoms with E-state index in [1.165, 1.54) is 11.3 Å². The Balaban J connectivity index is 2.44. The molecule has 1 aromatic rings. The highest BCUT2D eigenvalue weighted by Gasteiger charge is 2.13. The van der Waals surface area contributed by atoms with Gasteiger partial charge in [-0.05, 0) is 6.92 Å². The molecule has 0 aliphatic carbocycles. The van der Waals surface area contributed by atoms with Crippen LogP contribution < -0.4 is 0 Å². The van der Waals surface area contributed by atoms with Crippen molar-refractivity contribution in [2.45, 2.75) is 19.4 Å². The Labute approximate surface area is 65.8 Å². The van der Waals surface area contributed by atoms with Gasteiger partial charge < -0.3 is 0 Å². The predicted molar refractivity (Wildman–Crippen MR) is 44.0 cm³/mol. The summed E-state index contributed by atoms with van der Waals surface area (Å²) in [4.78, 5) is 4.31. The van der Waals surface area contributed by atoms with Gasteiger partial charge in [0.25, 0.3) is 0 Å². The molecule has 0 radical (unpaired) electrons. The SMILES string of the molecule is CC1Cc2nn(C)cc2C=N1. The lowest BCUT2D eigenvalue weighted by Crippen LogP contribution is -2.10. The number of nitrogens with zero attached hydrogens (tertiary/aromatic N) is 3. The normalized spacial score (nSPS) is 21.8. The van der Waals surface area contributed by atoms with Crippen molar-refractivity contribution < 1.29 is 0 Å². The van der Waals surface area contributed by atoms with Gasteiger partial charge in [0.15, 0.2) is 0 Å². The molecule has 0 saturated heterocycles. The van der Waals surface area contributed by atoms with Crippen LogP contribution in [0.2, 0.25) is 0 Å². The second-order valence-corrected chi connectivity index (χ2v) is 3.04. The van der Waals surface area contributed by atoms with Gasteiger partial charge in [-0.2, -0.15) is 5.10 Å². The number of aromatic nitrogens is 2. The highest BCUT2D eigenvalue weighted by atomic mass is 15.3. The van der Waals surface area contributed by atoms with Gasteiger partial charge >= 0.3 is 0 Å². The third-order valence-corrected chi connectivity index (χ3v) is 1.89. The molecule has 0 spiro atoms. The fraction of sp³-hybridized carbons (Fsp3) is 0.500. The van der Waals surface area contributed by atoms with Crippen molar-refractivity contribution >= 4 is 6.21 Å². The molecule has 0 fully saturated rings. The van der Waals surface area contributed by atoms with E-state index in [9.17, 15) is 0 Å². The van der Waals surface area contributed by atoms with Crippen molar-refractivity contribution in [2.75, 3.05) is 0 Å². The summed E-state index contributed by atoms with van der Waals surface area (Å²) in [6, 6.07) is 0.400. The molecule has 1 atom stereocenters. The first kappa shape index (κ1) is 6.58. The van der Waals surface area contributed by atoms with Crippen molar-refractivity contribution in [1.29, 1.82) is 0 Å². The standard InChI is InChI=1S/C8H11N3/c1-6-3-8-7(4-9-6)5-11(2)10-8/h4-6H,3H2,1-2H3. The van der Waals surface area contributed by atoms with E-state index in [0.717, 1.165) is 6.42 Å². The van der Waals surface area contributed by atoms with Gasteiger partial charge in [0, 0.05) is 31.4 Å². The summed E-state index contributed by atoms with van der Waals surface area (Å²) in [6.45, 7) is 2.11. The van der Waals surface area contributed by atoms with Crippen molar-refractivity contribution in [3.05, 3.63) is 17.5 Å². The van der Waals surface area contributed by atoms with Gasteiger partial charge in [0.05, 0.1) is 11.7 Å². The number of hydrogen-bond acceptors (Lipinski definition) is 2. The van der Waals surface area contributed by atoms with Gasteiger partial charge in [0.1, 0.15) is 0 Å². The Morgan fingerprint density at radius 1 is 1.64 bits per heavy atom. The molecule has 0 saturated carbocycles. The Morgan fingerprint density at radius 3 is 3.27 bits per heavy atom. The van der Waals surface area contributed by atoms with Crippen LogP contribution >= 0.6 is 0 Å². The molecule has 3 heteroatoms. The average molecular weight is 149 g/mol. The molecule has 1 aliphatic heterocycles. The molecule has 1 aliphatic rings. The minimum Gasteiger partial charge on any atom is -0.289 e. The summed E-state index contributed by atoms with van der Waals surface area (Å²) in [7, 11) is 1.94. The first-order valence-electron chi connectivity index (χ1n) is 3.81. The summed E-state index contributed by atoms with van der Waals surface area (Å²) < 4.78 is 1.84. The van der Waals surface area contributed by atoms with Crippen LogP contribution in [0.5, 0.6) is 0 Å². The van der Waals surface area contributed by atoms with Crippen LogP contribution in [0, 0.1) is 0 Å². The second kappa shape index (κ2) is 2.19. The predicted octanol–water partition coefficient (Wildman–Crippen LogP) is 0.784. The lowest BCUT2D eigenvalue weighted by Gasteiger charge is -2.08. The fourth-order valence-corrected chi connectivity index (χ4v) is 1.36. The van der Waals surface area contributed by atoms with Crippen LogP contribution in [0.3, 0.4) is 0 Å². The van der Waals surface area contributed by atoms with Gasteiger partial charge in [0.2, 0.25) is 0 Å². The van der Waals surface area contributed by atoms with Crippen LogP contribution in [-0.2, 0) is 13.5 Å². The summed E-state index contributed by atoms with van der Waals surface area (Å²) in [5, 5.41) is 4.33. The van der Waals surface area contributed by atoms with E-state index in [1.807, 2.05) is 24.1 Å². The number of aryl methyl sites for hydroxylation is 1. The van der Waals surface area contributed by atoms with Crippen LogP contribution in [0.15, 0.2) is 11.2 Å². The molecule has 11 heavy (non-hydrogen) atoms. The van der Waals surface area contributed by atoms with E-state index < -0.39 is 0 Å². The van der Waals surface area contributed by atoms with Crippen LogP contribution in [-0.4, -0.2) is 22.0 Å². The highest BCUT2D eigenvalue weighted by molar-refractivity contribution is 5.81. The minimum atomic E-state index is 0.400. The first-order valence-corrected chi connectivity index (χ1v) is 3.81. The average Bonchev–Trinajstić information content (AvgIpc) is 2.27. The molecule has 1 unspecified atom stereocenters. The first-order chi connectivity index (χ1) is 5.25. The van der Waals surface area contributed by atoms with E-state index in [-0.39, 0.29) is 0 Å². The molecular formula is C8H11N3. The molecular weight excluding hydrogens is 138 g/mol. The van der Waals surface area contributed by atoms with E-state index in [2.05, 4.69) is 17.0 Å². The molecule has 0 bridgehead atoms. The highest BCUT2D eigenvalue weighted by Crippen LogP contribution is 2.12. The van der Waals surface area contributed by atoms with Crippen molar-refractivity contribution in [2.24, 2.45) is 12.0 Å². The zero-order valence-electron chi connectivity index (χ0n) is 6.78. The van der Waals surface area contributed by atoms with E-state index >= 15 is 0 Å². The zero-order valence-corrected chi connectivity index (χ0v) is 6.78. The topological polar surface area (TPSA) is 30.2 Å². The quantitative estimate of drug-likeness (QED) is 0.536. The third-order valence-electron chi connectivity index (χ3n) is 1.89. The maximum absolute atomic E-state index is 4.33. The summed E-state index contributed by atoms with van der Waals surface area (Å²) in [5.74, 6) is 0. The number of rotatable bonds is 0. The van der Waals surface area contributed by atoms with Crippen LogP contribution in [0.1, 0.15) is 18.2 Å². The smallest absolute Gasteiger partial charge is 0.0733 e. The molecule has 0 N–H and O–H groups in total. The second-order valence-electron chi connectivity index (χ2n) is 3.04. The van der Waals surface area contributed by atoms with Gasteiger partial charge in [-0.25, -0.2) is 0 Å². The van der Waals surface area contributed by atoms with E-state index in [1.54, 1.807) is 0 Å². The Bertz CT molecular complexity index is 298. The number of aliphatic imine (C=N–C) groups is 1. The summed E-state index contributed by atoms with van der Waals surface area (Å²) in [5.41, 5.74) is 2.35. The van der Waals surface area contributed by atoms with Gasteiger partial charge in [-0.3, -0.25) is 9.67 Å². The maximum Gasteiger partial charge on any atom is 0.0733 e. The van der Waals surface area contributed by atoms with Crippen molar-refractivity contribution in [1.82, 2.24) is 9.78 Å². The van der Waals surface area contributed by atoms with Crippen LogP contribution in [0.25, 0.3) is 0 Å². The lowest BCUT2D eigenvalue weighted by atomic mass is 10.1. The van der Waals surface area contributed by atoms with Gasteiger partial charge in [-0.15, -0.1) is 0 Å². The van der Waals surface area contributed by atoms with Crippen LogP contribution in [0.4, 0.5) is 0 Å². The van der Waals surface area contributed by atoms with E-state index in [0.29, 0.717) is 6.04 Å². The zero-order chi connectivity index (χ0) is 7.84. The molecule has 1 aromatic heterocycles. The number of fused-ring (bicyclic) bond motifs is 1. The molecule has 2 heterocycles. The minimum absolute atomic E-state index is 0.400. The fourth-order valence-electron chi connectivity index (χ4n) is 1.36. The summed E-state index contributed by atoms with van der Waals surface area (Å²) >= 11 is 0. The van der Waals surface area contributed by atoms with Gasteiger partial charge in [-0.1, -0.05) is 0 Å². The Hall–Kier alpha value is -1.12. The Kier molecular flexibility index (Phi) is 1.31. The van der Waals surface area contributed by atoms with Crippen molar-refractivity contribution in [3.63, 3.8) is 0 Å². The van der Waals surface area contributed by atoms with E-state index in [4.69, 9.17) is 0 Å².